The molecule has 0 aromatic carbocycles. The standard InChI is InChI=1S/C18H19N5O2/c24-18(14-9-13(21-22-14)16-4-2-8-25-16)23-7-1-3-11-15(23)6-5-12-17(11)20-10-19-12/h2,4,8-11,15H,1,3,5-7H2,(H,19,20)(H,21,22). The van der Waals surface area contributed by atoms with Gasteiger partial charge in [0.05, 0.1) is 18.3 Å². The summed E-state index contributed by atoms with van der Waals surface area (Å²) in [6.45, 7) is 0.780. The van der Waals surface area contributed by atoms with E-state index in [1.54, 1.807) is 18.7 Å². The second-order valence-electron chi connectivity index (χ2n) is 6.76. The van der Waals surface area contributed by atoms with Crippen LogP contribution in [0.3, 0.4) is 0 Å². The van der Waals surface area contributed by atoms with Crippen molar-refractivity contribution >= 4 is 5.91 Å². The minimum absolute atomic E-state index is 0.0114. The number of H-pyrrole nitrogens is 2. The molecule has 7 nitrogen and oxygen atoms in total. The third-order valence-corrected chi connectivity index (χ3v) is 5.42. The smallest absolute Gasteiger partial charge is 0.274 e. The van der Waals surface area contributed by atoms with Crippen LogP contribution in [0.25, 0.3) is 11.5 Å². The highest BCUT2D eigenvalue weighted by molar-refractivity contribution is 5.93. The van der Waals surface area contributed by atoms with Gasteiger partial charge in [0.2, 0.25) is 0 Å². The van der Waals surface area contributed by atoms with Crippen molar-refractivity contribution in [2.24, 2.45) is 0 Å². The highest BCUT2D eigenvalue weighted by Gasteiger charge is 2.40. The van der Waals surface area contributed by atoms with Crippen molar-refractivity contribution in [2.75, 3.05) is 6.54 Å². The van der Waals surface area contributed by atoms with E-state index in [4.69, 9.17) is 4.42 Å². The fraction of sp³-hybridized carbons (Fsp3) is 0.389. The summed E-state index contributed by atoms with van der Waals surface area (Å²) in [5.74, 6) is 1.00. The van der Waals surface area contributed by atoms with Gasteiger partial charge >= 0.3 is 0 Å². The number of fused-ring (bicyclic) bond motifs is 3. The fourth-order valence-electron chi connectivity index (χ4n) is 4.27. The highest BCUT2D eigenvalue weighted by Crippen LogP contribution is 2.39. The van der Waals surface area contributed by atoms with Crippen LogP contribution >= 0.6 is 0 Å². The molecule has 1 aliphatic heterocycles. The number of imidazole rings is 1. The van der Waals surface area contributed by atoms with Gasteiger partial charge in [0.15, 0.2) is 11.5 Å². The molecule has 2 atom stereocenters. The molecule has 0 spiro atoms. The second kappa shape index (κ2) is 5.61. The molecule has 0 saturated carbocycles. The number of nitrogens with zero attached hydrogens (tertiary/aromatic N) is 3. The molecule has 2 aliphatic rings. The molecular formula is C18H19N5O2. The van der Waals surface area contributed by atoms with Gasteiger partial charge < -0.3 is 14.3 Å². The number of carbonyl (C=O) groups is 1. The monoisotopic (exact) mass is 337 g/mol. The maximum absolute atomic E-state index is 13.1. The van der Waals surface area contributed by atoms with Gasteiger partial charge in [-0.05, 0) is 37.8 Å². The Labute approximate surface area is 144 Å². The van der Waals surface area contributed by atoms with E-state index in [9.17, 15) is 4.79 Å². The molecule has 7 heteroatoms. The summed E-state index contributed by atoms with van der Waals surface area (Å²) in [5.41, 5.74) is 3.54. The van der Waals surface area contributed by atoms with Gasteiger partial charge in [0, 0.05) is 30.3 Å². The summed E-state index contributed by atoms with van der Waals surface area (Å²) < 4.78 is 5.37. The normalized spacial score (nSPS) is 22.5. The number of hydrogen-bond donors (Lipinski definition) is 2. The third-order valence-electron chi connectivity index (χ3n) is 5.42. The topological polar surface area (TPSA) is 90.8 Å². The average Bonchev–Trinajstić information content (AvgIpc) is 3.41. The zero-order chi connectivity index (χ0) is 16.8. The number of piperidine rings is 1. The van der Waals surface area contributed by atoms with E-state index in [0.717, 1.165) is 43.6 Å². The summed E-state index contributed by atoms with van der Waals surface area (Å²) in [6, 6.07) is 5.64. The molecule has 1 fully saturated rings. The summed E-state index contributed by atoms with van der Waals surface area (Å²) in [7, 11) is 0. The zero-order valence-electron chi connectivity index (χ0n) is 13.7. The number of nitrogens with one attached hydrogen (secondary N) is 2. The summed E-state index contributed by atoms with van der Waals surface area (Å²) in [4.78, 5) is 22.8. The van der Waals surface area contributed by atoms with Gasteiger partial charge in [-0.1, -0.05) is 0 Å². The number of amides is 1. The van der Waals surface area contributed by atoms with Gasteiger partial charge in [-0.3, -0.25) is 9.89 Å². The van der Waals surface area contributed by atoms with Crippen molar-refractivity contribution in [3.8, 4) is 11.5 Å². The molecule has 3 aromatic heterocycles. The zero-order valence-corrected chi connectivity index (χ0v) is 13.7. The molecule has 3 aromatic rings. The van der Waals surface area contributed by atoms with Crippen LogP contribution in [0.4, 0.5) is 0 Å². The largest absolute Gasteiger partial charge is 0.463 e. The number of aryl methyl sites for hydroxylation is 1. The first-order valence-corrected chi connectivity index (χ1v) is 8.73. The molecular weight excluding hydrogens is 318 g/mol. The first-order chi connectivity index (χ1) is 12.3. The fourth-order valence-corrected chi connectivity index (χ4v) is 4.27. The number of aromatic nitrogens is 4. The van der Waals surface area contributed by atoms with Crippen molar-refractivity contribution in [2.45, 2.75) is 37.6 Å². The Balaban J connectivity index is 1.42. The van der Waals surface area contributed by atoms with Crippen LogP contribution in [0.2, 0.25) is 0 Å². The Hall–Kier alpha value is -2.83. The Morgan fingerprint density at radius 3 is 3.20 bits per heavy atom. The van der Waals surface area contributed by atoms with Crippen molar-refractivity contribution in [1.82, 2.24) is 25.1 Å². The Kier molecular flexibility index (Phi) is 3.26. The molecule has 0 radical (unpaired) electrons. The first kappa shape index (κ1) is 14.5. The van der Waals surface area contributed by atoms with E-state index >= 15 is 0 Å². The lowest BCUT2D eigenvalue weighted by atomic mass is 9.78. The molecule has 1 saturated heterocycles. The average molecular weight is 337 g/mol. The highest BCUT2D eigenvalue weighted by atomic mass is 16.3. The van der Waals surface area contributed by atoms with Crippen LogP contribution < -0.4 is 0 Å². The molecule has 128 valence electrons. The molecule has 4 heterocycles. The number of furan rings is 1. The summed E-state index contributed by atoms with van der Waals surface area (Å²) >= 11 is 0. The van der Waals surface area contributed by atoms with Crippen LogP contribution in [-0.2, 0) is 6.42 Å². The Morgan fingerprint density at radius 2 is 2.32 bits per heavy atom. The number of carbonyl (C=O) groups excluding carboxylic acids is 1. The molecule has 2 N–H and O–H groups in total. The maximum atomic E-state index is 13.1. The summed E-state index contributed by atoms with van der Waals surface area (Å²) in [6.07, 6.45) is 7.38. The molecule has 1 aliphatic carbocycles. The van der Waals surface area contributed by atoms with Crippen LogP contribution in [0.1, 0.15) is 47.1 Å². The molecule has 25 heavy (non-hydrogen) atoms. The summed E-state index contributed by atoms with van der Waals surface area (Å²) in [5, 5.41) is 7.12. The molecule has 0 bridgehead atoms. The minimum atomic E-state index is -0.0114. The third kappa shape index (κ3) is 2.30. The van der Waals surface area contributed by atoms with Gasteiger partial charge in [-0.2, -0.15) is 5.10 Å². The van der Waals surface area contributed by atoms with Gasteiger partial charge in [0.25, 0.3) is 5.91 Å². The van der Waals surface area contributed by atoms with Crippen molar-refractivity contribution in [1.29, 1.82) is 0 Å². The lowest BCUT2D eigenvalue weighted by Gasteiger charge is -2.43. The second-order valence-corrected chi connectivity index (χ2v) is 6.76. The quantitative estimate of drug-likeness (QED) is 0.752. The van der Waals surface area contributed by atoms with Crippen LogP contribution in [0, 0.1) is 0 Å². The lowest BCUT2D eigenvalue weighted by Crippen LogP contribution is -2.49. The molecule has 1 amide bonds. The van der Waals surface area contributed by atoms with Crippen LogP contribution in [0.15, 0.2) is 35.2 Å². The SMILES string of the molecule is O=C(c1cc(-c2ccco2)[nH]n1)N1CCCC2c3nc[nH]c3CCC21. The van der Waals surface area contributed by atoms with Crippen molar-refractivity contribution in [3.05, 3.63) is 47.9 Å². The predicted octanol–water partition coefficient (Wildman–Crippen LogP) is 2.73. The number of aromatic amines is 2. The predicted molar refractivity (Wildman–Crippen MR) is 90.0 cm³/mol. The van der Waals surface area contributed by atoms with Gasteiger partial charge in [-0.25, -0.2) is 4.98 Å². The maximum Gasteiger partial charge on any atom is 0.274 e. The lowest BCUT2D eigenvalue weighted by molar-refractivity contribution is 0.0537. The van der Waals surface area contributed by atoms with Gasteiger partial charge in [-0.15, -0.1) is 0 Å². The first-order valence-electron chi connectivity index (χ1n) is 8.73. The number of hydrogen-bond acceptors (Lipinski definition) is 4. The van der Waals surface area contributed by atoms with Gasteiger partial charge in [0.1, 0.15) is 5.69 Å². The van der Waals surface area contributed by atoms with Crippen LogP contribution in [-0.4, -0.2) is 43.6 Å². The number of likely N-dealkylation sites (tertiary alicyclic amines) is 1. The van der Waals surface area contributed by atoms with E-state index in [1.807, 2.05) is 17.0 Å². The molecule has 2 unspecified atom stereocenters. The Morgan fingerprint density at radius 1 is 1.36 bits per heavy atom. The Bertz CT molecular complexity index is 894. The van der Waals surface area contributed by atoms with E-state index < -0.39 is 0 Å². The van der Waals surface area contributed by atoms with E-state index in [0.29, 0.717) is 17.4 Å². The van der Waals surface area contributed by atoms with Crippen molar-refractivity contribution in [3.63, 3.8) is 0 Å². The van der Waals surface area contributed by atoms with Crippen molar-refractivity contribution < 1.29 is 9.21 Å². The molecule has 5 rings (SSSR count). The number of rotatable bonds is 2. The van der Waals surface area contributed by atoms with E-state index in [2.05, 4.69) is 20.2 Å². The van der Waals surface area contributed by atoms with E-state index in [1.165, 1.54) is 5.69 Å². The van der Waals surface area contributed by atoms with E-state index in [-0.39, 0.29) is 11.9 Å². The minimum Gasteiger partial charge on any atom is -0.463 e. The van der Waals surface area contributed by atoms with Crippen LogP contribution in [0.5, 0.6) is 0 Å².